The molecule has 1 aliphatic rings. The molecule has 1 aromatic rings. The molecule has 22 heavy (non-hydrogen) atoms. The summed E-state index contributed by atoms with van der Waals surface area (Å²) in [5.41, 5.74) is 0.656. The normalized spacial score (nSPS) is 17.7. The smallest absolute Gasteiger partial charge is 0.326 e. The lowest BCUT2D eigenvalue weighted by Gasteiger charge is -2.21. The molecule has 0 aromatic carbocycles. The summed E-state index contributed by atoms with van der Waals surface area (Å²) in [6, 6.07) is -0.762. The molecule has 0 saturated carbocycles. The summed E-state index contributed by atoms with van der Waals surface area (Å²) >= 11 is 0. The molecule has 1 fully saturated rings. The fourth-order valence-corrected chi connectivity index (χ4v) is 2.84. The standard InChI is InChI=1S/C13H18N4O5/c1-8-12(17(21)22)9(2)16(14-8)7-5-11(18)15-6-3-4-10(15)13(19)20/h10H,3-7H2,1-2H3,(H,19,20)/t10-/m0/s1. The van der Waals surface area contributed by atoms with Crippen LogP contribution in [0.5, 0.6) is 0 Å². The number of nitrogens with zero attached hydrogens (tertiary/aromatic N) is 4. The Morgan fingerprint density at radius 2 is 2.14 bits per heavy atom. The number of carboxylic acid groups (broad SMARTS) is 1. The van der Waals surface area contributed by atoms with Gasteiger partial charge in [0.2, 0.25) is 5.91 Å². The van der Waals surface area contributed by atoms with Crippen LogP contribution in [0.25, 0.3) is 0 Å². The first-order valence-corrected chi connectivity index (χ1v) is 7.03. The molecular formula is C13H18N4O5. The predicted molar refractivity (Wildman–Crippen MR) is 75.3 cm³/mol. The molecule has 0 spiro atoms. The average molecular weight is 310 g/mol. The maximum Gasteiger partial charge on any atom is 0.326 e. The number of hydrogen-bond acceptors (Lipinski definition) is 5. The van der Waals surface area contributed by atoms with Crippen LogP contribution in [0.15, 0.2) is 0 Å². The summed E-state index contributed by atoms with van der Waals surface area (Å²) in [5, 5.41) is 24.1. The average Bonchev–Trinajstić information content (AvgIpc) is 3.01. The van der Waals surface area contributed by atoms with Gasteiger partial charge >= 0.3 is 11.7 Å². The van der Waals surface area contributed by atoms with E-state index in [4.69, 9.17) is 5.11 Å². The second-order valence-corrected chi connectivity index (χ2v) is 5.33. The van der Waals surface area contributed by atoms with Crippen LogP contribution in [0.1, 0.15) is 30.7 Å². The summed E-state index contributed by atoms with van der Waals surface area (Å²) in [6.45, 7) is 3.76. The third-order valence-corrected chi connectivity index (χ3v) is 3.92. The minimum Gasteiger partial charge on any atom is -0.480 e. The molecule has 1 N–H and O–H groups in total. The molecule has 1 atom stereocenters. The molecule has 1 saturated heterocycles. The molecule has 120 valence electrons. The Balaban J connectivity index is 2.04. The SMILES string of the molecule is Cc1nn(CCC(=O)N2CCC[C@H]2C(=O)O)c(C)c1[N+](=O)[O-]. The van der Waals surface area contributed by atoms with Crippen LogP contribution in [-0.2, 0) is 16.1 Å². The lowest BCUT2D eigenvalue weighted by molar-refractivity contribution is -0.386. The van der Waals surface area contributed by atoms with E-state index in [2.05, 4.69) is 5.10 Å². The second-order valence-electron chi connectivity index (χ2n) is 5.33. The highest BCUT2D eigenvalue weighted by atomic mass is 16.6. The van der Waals surface area contributed by atoms with Gasteiger partial charge in [0.1, 0.15) is 17.4 Å². The van der Waals surface area contributed by atoms with Crippen molar-refractivity contribution in [3.8, 4) is 0 Å². The lowest BCUT2D eigenvalue weighted by Crippen LogP contribution is -2.40. The number of carbonyl (C=O) groups excluding carboxylic acids is 1. The summed E-state index contributed by atoms with van der Waals surface area (Å²) in [4.78, 5) is 35.0. The summed E-state index contributed by atoms with van der Waals surface area (Å²) in [6.07, 6.45) is 1.21. The van der Waals surface area contributed by atoms with Gasteiger partial charge in [0.05, 0.1) is 11.5 Å². The van der Waals surface area contributed by atoms with Gasteiger partial charge in [-0.3, -0.25) is 19.6 Å². The van der Waals surface area contributed by atoms with E-state index < -0.39 is 16.9 Å². The van der Waals surface area contributed by atoms with Crippen molar-refractivity contribution in [2.45, 2.75) is 45.7 Å². The van der Waals surface area contributed by atoms with Gasteiger partial charge in [0.15, 0.2) is 0 Å². The largest absolute Gasteiger partial charge is 0.480 e. The minimum atomic E-state index is -0.993. The van der Waals surface area contributed by atoms with Crippen LogP contribution >= 0.6 is 0 Å². The van der Waals surface area contributed by atoms with E-state index in [1.165, 1.54) is 9.58 Å². The van der Waals surface area contributed by atoms with E-state index in [0.717, 1.165) is 0 Å². The molecule has 1 amide bonds. The summed E-state index contributed by atoms with van der Waals surface area (Å²) in [7, 11) is 0. The Kier molecular flexibility index (Phi) is 4.43. The molecule has 2 rings (SSSR count). The zero-order valence-electron chi connectivity index (χ0n) is 12.5. The van der Waals surface area contributed by atoms with Crippen LogP contribution in [0.3, 0.4) is 0 Å². The van der Waals surface area contributed by atoms with Gasteiger partial charge in [0.25, 0.3) is 0 Å². The monoisotopic (exact) mass is 310 g/mol. The van der Waals surface area contributed by atoms with Crippen LogP contribution < -0.4 is 0 Å². The number of rotatable bonds is 5. The fourth-order valence-electron chi connectivity index (χ4n) is 2.84. The van der Waals surface area contributed by atoms with Gasteiger partial charge in [-0.2, -0.15) is 5.10 Å². The van der Waals surface area contributed by atoms with Crippen molar-refractivity contribution in [2.24, 2.45) is 0 Å². The molecule has 9 heteroatoms. The topological polar surface area (TPSA) is 119 Å². The Labute approximate surface area is 126 Å². The van der Waals surface area contributed by atoms with E-state index in [9.17, 15) is 19.7 Å². The van der Waals surface area contributed by atoms with Gasteiger partial charge in [0, 0.05) is 13.0 Å². The van der Waals surface area contributed by atoms with Crippen molar-refractivity contribution in [1.82, 2.24) is 14.7 Å². The third-order valence-electron chi connectivity index (χ3n) is 3.92. The highest BCUT2D eigenvalue weighted by Crippen LogP contribution is 2.23. The molecule has 0 bridgehead atoms. The van der Waals surface area contributed by atoms with Crippen LogP contribution in [0, 0.1) is 24.0 Å². The Morgan fingerprint density at radius 3 is 2.68 bits per heavy atom. The minimum absolute atomic E-state index is 0.0444. The number of aryl methyl sites for hydroxylation is 2. The van der Waals surface area contributed by atoms with E-state index in [1.807, 2.05) is 0 Å². The molecule has 1 aromatic heterocycles. The number of carbonyl (C=O) groups is 2. The van der Waals surface area contributed by atoms with Crippen LogP contribution in [-0.4, -0.2) is 49.2 Å². The Bertz CT molecular complexity index is 624. The van der Waals surface area contributed by atoms with Gasteiger partial charge in [-0.05, 0) is 26.7 Å². The van der Waals surface area contributed by atoms with Gasteiger partial charge in [-0.15, -0.1) is 0 Å². The predicted octanol–water partition coefficient (Wildman–Crippen LogP) is 0.874. The van der Waals surface area contributed by atoms with Crippen molar-refractivity contribution in [2.75, 3.05) is 6.54 Å². The number of nitro groups is 1. The Morgan fingerprint density at radius 1 is 1.45 bits per heavy atom. The lowest BCUT2D eigenvalue weighted by atomic mass is 10.2. The number of hydrogen-bond donors (Lipinski definition) is 1. The summed E-state index contributed by atoms with van der Waals surface area (Å²) < 4.78 is 1.43. The van der Waals surface area contributed by atoms with E-state index in [1.54, 1.807) is 13.8 Å². The van der Waals surface area contributed by atoms with E-state index in [-0.39, 0.29) is 24.6 Å². The maximum atomic E-state index is 12.2. The van der Waals surface area contributed by atoms with Gasteiger partial charge < -0.3 is 10.0 Å². The number of carboxylic acids is 1. The van der Waals surface area contributed by atoms with E-state index in [0.29, 0.717) is 30.8 Å². The molecular weight excluding hydrogens is 292 g/mol. The van der Waals surface area contributed by atoms with Gasteiger partial charge in [-0.25, -0.2) is 4.79 Å². The number of aliphatic carboxylic acids is 1. The van der Waals surface area contributed by atoms with Crippen molar-refractivity contribution >= 4 is 17.6 Å². The highest BCUT2D eigenvalue weighted by Gasteiger charge is 2.33. The molecule has 9 nitrogen and oxygen atoms in total. The van der Waals surface area contributed by atoms with Crippen LogP contribution in [0.2, 0.25) is 0 Å². The summed E-state index contributed by atoms with van der Waals surface area (Å²) in [5.74, 6) is -1.26. The van der Waals surface area contributed by atoms with E-state index >= 15 is 0 Å². The molecule has 0 radical (unpaired) electrons. The first-order chi connectivity index (χ1) is 10.3. The zero-order chi connectivity index (χ0) is 16.4. The number of amides is 1. The maximum absolute atomic E-state index is 12.2. The van der Waals surface area contributed by atoms with Gasteiger partial charge in [-0.1, -0.05) is 0 Å². The second kappa shape index (κ2) is 6.12. The fraction of sp³-hybridized carbons (Fsp3) is 0.615. The molecule has 1 aliphatic heterocycles. The quantitative estimate of drug-likeness (QED) is 0.637. The number of likely N-dealkylation sites (tertiary alicyclic amines) is 1. The molecule has 2 heterocycles. The van der Waals surface area contributed by atoms with Crippen molar-refractivity contribution < 1.29 is 19.6 Å². The first kappa shape index (κ1) is 15.9. The molecule has 0 aliphatic carbocycles. The van der Waals surface area contributed by atoms with Crippen LogP contribution in [0.4, 0.5) is 5.69 Å². The third kappa shape index (κ3) is 2.92. The van der Waals surface area contributed by atoms with Crippen molar-refractivity contribution in [3.05, 3.63) is 21.5 Å². The van der Waals surface area contributed by atoms with Crippen molar-refractivity contribution in [1.29, 1.82) is 0 Å². The first-order valence-electron chi connectivity index (χ1n) is 7.03. The zero-order valence-corrected chi connectivity index (χ0v) is 12.5. The number of aromatic nitrogens is 2. The molecule has 0 unspecified atom stereocenters. The highest BCUT2D eigenvalue weighted by molar-refractivity contribution is 5.84. The Hall–Kier alpha value is -2.45. The van der Waals surface area contributed by atoms with Crippen molar-refractivity contribution in [3.63, 3.8) is 0 Å².